The van der Waals surface area contributed by atoms with Crippen LogP contribution in [0.5, 0.6) is 0 Å². The quantitative estimate of drug-likeness (QED) is 0.888. The van der Waals surface area contributed by atoms with Crippen molar-refractivity contribution in [1.82, 2.24) is 14.1 Å². The Balaban J connectivity index is 2.22. The van der Waals surface area contributed by atoms with Crippen molar-refractivity contribution >= 4 is 27.3 Å². The second-order valence-electron chi connectivity index (χ2n) is 4.21. The Morgan fingerprint density at radius 2 is 2.20 bits per heavy atom. The minimum atomic E-state index is -3.69. The second kappa shape index (κ2) is 5.35. The van der Waals surface area contributed by atoms with E-state index in [1.54, 1.807) is 24.1 Å². The third-order valence-corrected chi connectivity index (χ3v) is 5.96. The molecule has 2 aromatic heterocycles. The van der Waals surface area contributed by atoms with Crippen LogP contribution in [0.4, 0.5) is 0 Å². The molecule has 0 unspecified atom stereocenters. The summed E-state index contributed by atoms with van der Waals surface area (Å²) in [7, 11) is -0.496. The lowest BCUT2D eigenvalue weighted by atomic mass is 10.4. The highest BCUT2D eigenvalue weighted by molar-refractivity contribution is 7.91. The van der Waals surface area contributed by atoms with Crippen LogP contribution in [0.15, 0.2) is 28.7 Å². The molecule has 2 heterocycles. The van der Waals surface area contributed by atoms with Gasteiger partial charge in [-0.3, -0.25) is 4.68 Å². The topological polar surface area (TPSA) is 92.5 Å². The van der Waals surface area contributed by atoms with Crippen LogP contribution in [0.2, 0.25) is 0 Å². The van der Waals surface area contributed by atoms with Gasteiger partial charge >= 0.3 is 5.97 Å². The molecule has 0 aliphatic rings. The van der Waals surface area contributed by atoms with Gasteiger partial charge in [-0.15, -0.1) is 11.3 Å². The van der Waals surface area contributed by atoms with E-state index in [9.17, 15) is 13.2 Å². The molecule has 0 aliphatic heterocycles. The zero-order valence-corrected chi connectivity index (χ0v) is 12.5. The fourth-order valence-electron chi connectivity index (χ4n) is 1.62. The van der Waals surface area contributed by atoms with Crippen LogP contribution in [0.25, 0.3) is 0 Å². The summed E-state index contributed by atoms with van der Waals surface area (Å²) in [5.41, 5.74) is 0.758. The predicted molar refractivity (Wildman–Crippen MR) is 73.1 cm³/mol. The summed E-state index contributed by atoms with van der Waals surface area (Å²) >= 11 is 0.742. The smallest absolute Gasteiger partial charge is 0.345 e. The van der Waals surface area contributed by atoms with E-state index < -0.39 is 16.0 Å². The molecular weight excluding hydrogens is 302 g/mol. The Labute approximate surface area is 120 Å². The number of carboxylic acid groups (broad SMARTS) is 1. The van der Waals surface area contributed by atoms with Gasteiger partial charge in [-0.1, -0.05) is 0 Å². The molecule has 108 valence electrons. The molecular formula is C11H13N3O4S2. The largest absolute Gasteiger partial charge is 0.477 e. The van der Waals surface area contributed by atoms with Gasteiger partial charge < -0.3 is 5.11 Å². The van der Waals surface area contributed by atoms with Crippen molar-refractivity contribution in [2.24, 2.45) is 7.05 Å². The molecule has 0 amide bonds. The van der Waals surface area contributed by atoms with Crippen molar-refractivity contribution in [3.8, 4) is 0 Å². The first-order chi connectivity index (χ1) is 9.30. The number of thiophene rings is 1. The number of sulfonamides is 1. The van der Waals surface area contributed by atoms with Crippen molar-refractivity contribution < 1.29 is 18.3 Å². The highest BCUT2D eigenvalue weighted by atomic mass is 32.2. The molecule has 0 radical (unpaired) electrons. The van der Waals surface area contributed by atoms with Crippen molar-refractivity contribution in [2.75, 3.05) is 7.05 Å². The zero-order chi connectivity index (χ0) is 14.9. The zero-order valence-electron chi connectivity index (χ0n) is 10.8. The summed E-state index contributed by atoms with van der Waals surface area (Å²) in [6.07, 6.45) is 3.31. The summed E-state index contributed by atoms with van der Waals surface area (Å²) in [6.45, 7) is 0.177. The molecule has 20 heavy (non-hydrogen) atoms. The van der Waals surface area contributed by atoms with E-state index in [0.717, 1.165) is 16.9 Å². The number of aromatic carboxylic acids is 1. The molecule has 2 rings (SSSR count). The number of aromatic nitrogens is 2. The van der Waals surface area contributed by atoms with E-state index in [4.69, 9.17) is 5.11 Å². The van der Waals surface area contributed by atoms with Gasteiger partial charge in [-0.05, 0) is 12.1 Å². The van der Waals surface area contributed by atoms with Gasteiger partial charge in [0.25, 0.3) is 10.0 Å². The number of rotatable bonds is 5. The van der Waals surface area contributed by atoms with Crippen LogP contribution >= 0.6 is 11.3 Å². The van der Waals surface area contributed by atoms with Crippen LogP contribution in [0.1, 0.15) is 15.2 Å². The van der Waals surface area contributed by atoms with Crippen molar-refractivity contribution in [1.29, 1.82) is 0 Å². The first-order valence-corrected chi connectivity index (χ1v) is 7.83. The summed E-state index contributed by atoms with van der Waals surface area (Å²) in [5, 5.41) is 12.8. The van der Waals surface area contributed by atoms with Gasteiger partial charge in [0.05, 0.1) is 6.20 Å². The predicted octanol–water partition coefficient (Wildman–Crippen LogP) is 1.00. The van der Waals surface area contributed by atoms with Gasteiger partial charge in [0.1, 0.15) is 9.09 Å². The van der Waals surface area contributed by atoms with E-state index in [2.05, 4.69) is 5.10 Å². The summed E-state index contributed by atoms with van der Waals surface area (Å²) < 4.78 is 27.4. The van der Waals surface area contributed by atoms with E-state index in [1.807, 2.05) is 0 Å². The van der Waals surface area contributed by atoms with Crippen molar-refractivity contribution in [3.05, 3.63) is 35.0 Å². The van der Waals surface area contributed by atoms with Crippen LogP contribution < -0.4 is 0 Å². The summed E-state index contributed by atoms with van der Waals surface area (Å²) in [4.78, 5) is 10.8. The molecule has 0 aliphatic carbocycles. The maximum atomic E-state index is 12.3. The van der Waals surface area contributed by atoms with Crippen LogP contribution in [0.3, 0.4) is 0 Å². The van der Waals surface area contributed by atoms with Crippen molar-refractivity contribution in [3.63, 3.8) is 0 Å². The lowest BCUT2D eigenvalue weighted by Gasteiger charge is -2.14. The Kier molecular flexibility index (Phi) is 3.93. The highest BCUT2D eigenvalue weighted by Crippen LogP contribution is 2.25. The number of hydrogen-bond donors (Lipinski definition) is 1. The van der Waals surface area contributed by atoms with E-state index in [0.29, 0.717) is 0 Å². The van der Waals surface area contributed by atoms with Gasteiger partial charge in [-0.25, -0.2) is 13.2 Å². The number of aryl methyl sites for hydroxylation is 1. The fourth-order valence-corrected chi connectivity index (χ4v) is 4.14. The van der Waals surface area contributed by atoms with Crippen LogP contribution in [-0.2, 0) is 23.6 Å². The summed E-state index contributed by atoms with van der Waals surface area (Å²) in [6, 6.07) is 2.60. The average Bonchev–Trinajstić information content (AvgIpc) is 2.98. The van der Waals surface area contributed by atoms with Gasteiger partial charge in [-0.2, -0.15) is 9.40 Å². The maximum absolute atomic E-state index is 12.3. The molecule has 0 saturated carbocycles. The molecule has 0 saturated heterocycles. The fraction of sp³-hybridized carbons (Fsp3) is 0.273. The normalized spacial score (nSPS) is 11.9. The van der Waals surface area contributed by atoms with Gasteiger partial charge in [0.15, 0.2) is 0 Å². The van der Waals surface area contributed by atoms with E-state index in [-0.39, 0.29) is 15.6 Å². The minimum Gasteiger partial charge on any atom is -0.477 e. The third kappa shape index (κ3) is 2.89. The van der Waals surface area contributed by atoms with Crippen LogP contribution in [0, 0.1) is 0 Å². The Hall–Kier alpha value is -1.71. The molecule has 0 fully saturated rings. The van der Waals surface area contributed by atoms with Crippen molar-refractivity contribution in [2.45, 2.75) is 10.8 Å². The Bertz CT molecular complexity index is 732. The standard InChI is InChI=1S/C11H13N3O4S2/c1-13-6-8(5-12-13)7-14(2)20(17,18)10-4-3-9(19-10)11(15)16/h3-6H,7H2,1-2H3,(H,15,16). The van der Waals surface area contributed by atoms with E-state index >= 15 is 0 Å². The maximum Gasteiger partial charge on any atom is 0.345 e. The molecule has 0 aromatic carbocycles. The highest BCUT2D eigenvalue weighted by Gasteiger charge is 2.24. The second-order valence-corrected chi connectivity index (χ2v) is 7.56. The Morgan fingerprint density at radius 3 is 2.70 bits per heavy atom. The number of hydrogen-bond acceptors (Lipinski definition) is 5. The molecule has 0 spiro atoms. The first-order valence-electron chi connectivity index (χ1n) is 5.57. The number of carboxylic acids is 1. The first kappa shape index (κ1) is 14.7. The molecule has 2 aromatic rings. The average molecular weight is 315 g/mol. The molecule has 9 heteroatoms. The number of carbonyl (C=O) groups is 1. The Morgan fingerprint density at radius 1 is 1.50 bits per heavy atom. The molecule has 0 atom stereocenters. The molecule has 1 N–H and O–H groups in total. The monoisotopic (exact) mass is 315 g/mol. The lowest BCUT2D eigenvalue weighted by Crippen LogP contribution is -2.25. The molecule has 0 bridgehead atoms. The minimum absolute atomic E-state index is 0.00153. The lowest BCUT2D eigenvalue weighted by molar-refractivity contribution is 0.0702. The van der Waals surface area contributed by atoms with Gasteiger partial charge in [0, 0.05) is 32.4 Å². The van der Waals surface area contributed by atoms with Gasteiger partial charge in [0.2, 0.25) is 0 Å². The SMILES string of the molecule is CN(Cc1cnn(C)c1)S(=O)(=O)c1ccc(C(=O)O)s1. The number of nitrogens with zero attached hydrogens (tertiary/aromatic N) is 3. The third-order valence-electron chi connectivity index (χ3n) is 2.62. The van der Waals surface area contributed by atoms with E-state index in [1.165, 1.54) is 23.5 Å². The molecule has 7 nitrogen and oxygen atoms in total. The van der Waals surface area contributed by atoms with Crippen LogP contribution in [-0.4, -0.2) is 40.6 Å². The summed E-state index contributed by atoms with van der Waals surface area (Å²) in [5.74, 6) is -1.13.